The first kappa shape index (κ1) is 59.9. The molecule has 0 aliphatic carbocycles. The molecule has 0 amide bonds. The standard InChI is InChI=1S/C51H31N3O.C45H27N3O/c1-3-12-32(13-4-1)49-52-50(33-14-5-2-6-15-33)54-51(53-49)38-23-26-44-46-30-37(24-27-47(46)55-48(44)31-38)35-17-11-16-34(28-35)36-22-25-43-41-20-8-7-18-39(41)40-19-9-10-21-42(40)45(43)29-36;1-3-11-28(12-4-1)43-46-44(29-13-5-2-6-14-29)48-45(47-43)32-20-23-38-40-26-31(21-24-41(40)49-42(38)27-32)30-19-22-37-35-17-8-7-15-33(35)34-16-9-10-18-36(34)39(37)25-30/h1-31H;1-27H. The molecule has 4 aromatic heterocycles. The maximum Gasteiger partial charge on any atom is 0.164 e. The Morgan fingerprint density at radius 3 is 0.663 bits per heavy atom. The third-order valence-electron chi connectivity index (χ3n) is 20.2. The van der Waals surface area contributed by atoms with E-state index in [9.17, 15) is 0 Å². The second-order valence-corrected chi connectivity index (χ2v) is 26.4. The zero-order valence-electron chi connectivity index (χ0n) is 56.0. The van der Waals surface area contributed by atoms with Crippen molar-refractivity contribution in [1.29, 1.82) is 0 Å². The fraction of sp³-hybridized carbons (Fsp3) is 0. The lowest BCUT2D eigenvalue weighted by molar-refractivity contribution is 0.668. The van der Waals surface area contributed by atoms with Crippen LogP contribution < -0.4 is 0 Å². The first-order chi connectivity index (χ1) is 51.5. The second kappa shape index (κ2) is 25.0. The molecule has 484 valence electrons. The minimum absolute atomic E-state index is 0.599. The van der Waals surface area contributed by atoms with Crippen molar-refractivity contribution in [1.82, 2.24) is 29.9 Å². The lowest BCUT2D eigenvalue weighted by Gasteiger charge is -2.12. The highest BCUT2D eigenvalue weighted by Crippen LogP contribution is 2.43. The van der Waals surface area contributed by atoms with Crippen molar-refractivity contribution in [2.45, 2.75) is 0 Å². The summed E-state index contributed by atoms with van der Waals surface area (Å²) in [5.41, 5.74) is 15.8. The van der Waals surface area contributed by atoms with Crippen LogP contribution in [0.2, 0.25) is 0 Å². The monoisotopic (exact) mass is 1330 g/mol. The second-order valence-electron chi connectivity index (χ2n) is 26.4. The summed E-state index contributed by atoms with van der Waals surface area (Å²) in [5.74, 6) is 3.73. The largest absolute Gasteiger partial charge is 0.456 e. The van der Waals surface area contributed by atoms with Gasteiger partial charge in [-0.3, -0.25) is 0 Å². The average molecular weight is 1330 g/mol. The summed E-state index contributed by atoms with van der Waals surface area (Å²) in [4.78, 5) is 29.4. The first-order valence-corrected chi connectivity index (χ1v) is 35.0. The van der Waals surface area contributed by atoms with Gasteiger partial charge in [-0.15, -0.1) is 0 Å². The van der Waals surface area contributed by atoms with Crippen LogP contribution in [0.5, 0.6) is 0 Å². The van der Waals surface area contributed by atoms with Gasteiger partial charge in [-0.1, -0.05) is 285 Å². The van der Waals surface area contributed by atoms with Crippen LogP contribution in [0.15, 0.2) is 361 Å². The van der Waals surface area contributed by atoms with Crippen LogP contribution in [-0.2, 0) is 0 Å². The lowest BCUT2D eigenvalue weighted by atomic mass is 9.91. The molecule has 0 saturated heterocycles. The molecule has 0 N–H and O–H groups in total. The number of benzene rings is 17. The van der Waals surface area contributed by atoms with E-state index in [-0.39, 0.29) is 0 Å². The molecule has 0 bridgehead atoms. The molecule has 0 radical (unpaired) electrons. The number of furan rings is 2. The Bertz CT molecular complexity index is 6790. The Balaban J connectivity index is 0.000000139. The molecule has 4 heterocycles. The Hall–Kier alpha value is -14.1. The molecule has 0 atom stereocenters. The smallest absolute Gasteiger partial charge is 0.164 e. The van der Waals surface area contributed by atoms with E-state index in [0.29, 0.717) is 34.9 Å². The van der Waals surface area contributed by atoms with E-state index in [1.807, 2.05) is 133 Å². The summed E-state index contributed by atoms with van der Waals surface area (Å²) in [6.45, 7) is 0. The SMILES string of the molecule is c1ccc(-c2nc(-c3ccccc3)nc(-c3ccc4c(c3)oc3ccc(-c5ccc6c7ccccc7c7ccccc7c6c5)cc34)n2)cc1.c1ccc(-c2nc(-c3ccccc3)nc(-c3ccc4c(c3)oc3ccc(-c5cccc(-c6ccc7c8ccccc8c8ccccc8c7c6)c5)cc34)n2)cc1. The summed E-state index contributed by atoms with van der Waals surface area (Å²) in [5, 5.41) is 19.6. The van der Waals surface area contributed by atoms with Crippen LogP contribution in [0.4, 0.5) is 0 Å². The van der Waals surface area contributed by atoms with E-state index in [4.69, 9.17) is 38.7 Å². The summed E-state index contributed by atoms with van der Waals surface area (Å²) in [7, 11) is 0. The molecule has 0 fully saturated rings. The zero-order valence-corrected chi connectivity index (χ0v) is 56.0. The number of hydrogen-bond acceptors (Lipinski definition) is 8. The molecule has 0 spiro atoms. The predicted molar refractivity (Wildman–Crippen MR) is 428 cm³/mol. The van der Waals surface area contributed by atoms with Crippen LogP contribution in [0.3, 0.4) is 0 Å². The number of aromatic nitrogens is 6. The van der Waals surface area contributed by atoms with Gasteiger partial charge in [-0.2, -0.15) is 0 Å². The van der Waals surface area contributed by atoms with E-state index in [0.717, 1.165) is 93.9 Å². The Morgan fingerprint density at radius 2 is 0.346 bits per heavy atom. The van der Waals surface area contributed by atoms with E-state index in [1.54, 1.807) is 0 Å². The highest BCUT2D eigenvalue weighted by atomic mass is 16.3. The number of fused-ring (bicyclic) bond motifs is 18. The minimum Gasteiger partial charge on any atom is -0.456 e. The van der Waals surface area contributed by atoms with E-state index in [2.05, 4.69) is 218 Å². The fourth-order valence-corrected chi connectivity index (χ4v) is 15.1. The van der Waals surface area contributed by atoms with Gasteiger partial charge in [-0.25, -0.2) is 29.9 Å². The van der Waals surface area contributed by atoms with Gasteiger partial charge in [0.05, 0.1) is 0 Å². The van der Waals surface area contributed by atoms with Crippen LogP contribution in [0.1, 0.15) is 0 Å². The van der Waals surface area contributed by atoms with Gasteiger partial charge in [0.2, 0.25) is 0 Å². The quantitative estimate of drug-likeness (QED) is 0.132. The maximum absolute atomic E-state index is 6.46. The molecule has 21 aromatic rings. The first-order valence-electron chi connectivity index (χ1n) is 35.0. The van der Waals surface area contributed by atoms with E-state index >= 15 is 0 Å². The molecule has 104 heavy (non-hydrogen) atoms. The van der Waals surface area contributed by atoms with Crippen molar-refractivity contribution in [3.63, 3.8) is 0 Å². The van der Waals surface area contributed by atoms with Crippen molar-refractivity contribution >= 4 is 109 Å². The average Bonchev–Trinajstić information content (AvgIpc) is 0.930. The van der Waals surface area contributed by atoms with Gasteiger partial charge in [0.1, 0.15) is 22.3 Å². The van der Waals surface area contributed by atoms with Gasteiger partial charge in [-0.05, 0) is 165 Å². The molecule has 0 aliphatic heterocycles. The summed E-state index contributed by atoms with van der Waals surface area (Å²) >= 11 is 0. The van der Waals surface area contributed by atoms with Gasteiger partial charge < -0.3 is 8.83 Å². The van der Waals surface area contributed by atoms with Crippen molar-refractivity contribution < 1.29 is 8.83 Å². The molecule has 8 nitrogen and oxygen atoms in total. The molecular weight excluding hydrogens is 1270 g/mol. The van der Waals surface area contributed by atoms with Crippen molar-refractivity contribution in [3.8, 4) is 102 Å². The molecule has 8 heteroatoms. The third kappa shape index (κ3) is 10.6. The molecule has 0 saturated carbocycles. The number of nitrogens with zero attached hydrogens (tertiary/aromatic N) is 6. The van der Waals surface area contributed by atoms with E-state index < -0.39 is 0 Å². The molecular formula is C96H58N6O2. The summed E-state index contributed by atoms with van der Waals surface area (Å²) in [6.07, 6.45) is 0. The Morgan fingerprint density at radius 1 is 0.125 bits per heavy atom. The third-order valence-corrected chi connectivity index (χ3v) is 20.2. The highest BCUT2D eigenvalue weighted by molar-refractivity contribution is 6.27. The van der Waals surface area contributed by atoms with Gasteiger partial charge in [0.15, 0.2) is 34.9 Å². The number of rotatable bonds is 9. The number of hydrogen-bond donors (Lipinski definition) is 0. The lowest BCUT2D eigenvalue weighted by Crippen LogP contribution is -2.00. The van der Waals surface area contributed by atoms with Crippen LogP contribution in [0.25, 0.3) is 210 Å². The van der Waals surface area contributed by atoms with Crippen LogP contribution in [-0.4, -0.2) is 29.9 Å². The van der Waals surface area contributed by atoms with Gasteiger partial charge in [0, 0.05) is 54.9 Å². The zero-order chi connectivity index (χ0) is 68.6. The van der Waals surface area contributed by atoms with Crippen molar-refractivity contribution in [2.75, 3.05) is 0 Å². The Kier molecular flexibility index (Phi) is 14.4. The van der Waals surface area contributed by atoms with Crippen molar-refractivity contribution in [3.05, 3.63) is 352 Å². The van der Waals surface area contributed by atoms with Crippen molar-refractivity contribution in [2.24, 2.45) is 0 Å². The molecule has 21 rings (SSSR count). The predicted octanol–water partition coefficient (Wildman–Crippen LogP) is 25.5. The van der Waals surface area contributed by atoms with Crippen LogP contribution in [0, 0.1) is 0 Å². The fourth-order valence-electron chi connectivity index (χ4n) is 15.1. The topological polar surface area (TPSA) is 104 Å². The molecule has 0 unspecified atom stereocenters. The van der Waals surface area contributed by atoms with Gasteiger partial charge >= 0.3 is 0 Å². The molecule has 17 aromatic carbocycles. The summed E-state index contributed by atoms with van der Waals surface area (Å²) in [6, 6.07) is 123. The van der Waals surface area contributed by atoms with E-state index in [1.165, 1.54) is 81.3 Å². The summed E-state index contributed by atoms with van der Waals surface area (Å²) < 4.78 is 12.9. The van der Waals surface area contributed by atoms with Gasteiger partial charge in [0.25, 0.3) is 0 Å². The Labute approximate surface area is 597 Å². The van der Waals surface area contributed by atoms with Crippen LogP contribution >= 0.6 is 0 Å². The molecule has 0 aliphatic rings. The highest BCUT2D eigenvalue weighted by Gasteiger charge is 2.20. The normalized spacial score (nSPS) is 11.7. The minimum atomic E-state index is 0.599. The maximum atomic E-state index is 6.46.